The molecule has 6 heteroatoms. The predicted molar refractivity (Wildman–Crippen MR) is 107 cm³/mol. The Balaban J connectivity index is 2.03. The molecule has 0 radical (unpaired) electrons. The van der Waals surface area contributed by atoms with E-state index < -0.39 is 17.7 Å². The first kappa shape index (κ1) is 19.8. The smallest absolute Gasteiger partial charge is 0.308 e. The summed E-state index contributed by atoms with van der Waals surface area (Å²) in [5.74, 6) is -1.38. The molecular formula is C23H18O6. The van der Waals surface area contributed by atoms with Gasteiger partial charge in [0.1, 0.15) is 17.3 Å². The zero-order valence-electron chi connectivity index (χ0n) is 15.8. The molecule has 0 saturated heterocycles. The van der Waals surface area contributed by atoms with Crippen LogP contribution in [-0.2, 0) is 9.59 Å². The molecule has 1 aliphatic carbocycles. The highest BCUT2D eigenvalue weighted by molar-refractivity contribution is 6.15. The molecule has 2 aromatic rings. The molecule has 6 nitrogen and oxygen atoms in total. The summed E-state index contributed by atoms with van der Waals surface area (Å²) >= 11 is 0. The van der Waals surface area contributed by atoms with Crippen molar-refractivity contribution < 1.29 is 29.0 Å². The van der Waals surface area contributed by atoms with Gasteiger partial charge in [-0.3, -0.25) is 14.4 Å². The Labute approximate surface area is 167 Å². The summed E-state index contributed by atoms with van der Waals surface area (Å²) in [5.41, 5.74) is 0.958. The molecule has 0 atom stereocenters. The Hall–Kier alpha value is -3.93. The van der Waals surface area contributed by atoms with Crippen LogP contribution in [0.5, 0.6) is 11.5 Å². The second-order valence-electron chi connectivity index (χ2n) is 6.21. The maximum Gasteiger partial charge on any atom is 0.308 e. The van der Waals surface area contributed by atoms with Crippen LogP contribution >= 0.6 is 0 Å². The highest BCUT2D eigenvalue weighted by Gasteiger charge is 2.25. The molecule has 0 saturated carbocycles. The lowest BCUT2D eigenvalue weighted by molar-refractivity contribution is -0.132. The van der Waals surface area contributed by atoms with Crippen molar-refractivity contribution in [3.63, 3.8) is 0 Å². The topological polar surface area (TPSA) is 89.9 Å². The molecule has 2 aromatic carbocycles. The summed E-state index contributed by atoms with van der Waals surface area (Å²) in [7, 11) is 0. The molecule has 0 spiro atoms. The highest BCUT2D eigenvalue weighted by Crippen LogP contribution is 2.34. The summed E-state index contributed by atoms with van der Waals surface area (Å²) in [6, 6.07) is 12.9. The van der Waals surface area contributed by atoms with E-state index in [1.807, 2.05) is 0 Å². The monoisotopic (exact) mass is 390 g/mol. The van der Waals surface area contributed by atoms with Crippen LogP contribution in [0.25, 0.3) is 5.76 Å². The van der Waals surface area contributed by atoms with Crippen LogP contribution in [0, 0.1) is 0 Å². The largest absolute Gasteiger partial charge is 0.507 e. The van der Waals surface area contributed by atoms with Crippen molar-refractivity contribution in [2.75, 3.05) is 0 Å². The summed E-state index contributed by atoms with van der Waals surface area (Å²) in [4.78, 5) is 35.8. The van der Waals surface area contributed by atoms with Gasteiger partial charge < -0.3 is 14.6 Å². The number of aliphatic hydroxyl groups is 1. The standard InChI is InChI=1S/C23H18O6/c1-14(24)28-20-12-5-3-8-18(20)22(26)16-10-7-11-17(16)23(27)19-9-4-6-13-21(19)29-15(2)25/h3-13,26H,1-2H3/b22-16-. The van der Waals surface area contributed by atoms with E-state index in [0.29, 0.717) is 0 Å². The number of ketones is 1. The Bertz CT molecular complexity index is 1090. The van der Waals surface area contributed by atoms with Gasteiger partial charge in [0.25, 0.3) is 0 Å². The molecule has 0 aliphatic heterocycles. The third kappa shape index (κ3) is 4.32. The zero-order valence-corrected chi connectivity index (χ0v) is 15.8. The maximum atomic E-state index is 13.1. The second-order valence-corrected chi connectivity index (χ2v) is 6.21. The molecule has 1 N–H and O–H groups in total. The number of ether oxygens (including phenoxy) is 2. The van der Waals surface area contributed by atoms with Gasteiger partial charge >= 0.3 is 11.9 Å². The van der Waals surface area contributed by atoms with E-state index in [1.54, 1.807) is 60.7 Å². The third-order valence-electron chi connectivity index (χ3n) is 4.10. The van der Waals surface area contributed by atoms with Crippen molar-refractivity contribution in [2.24, 2.45) is 0 Å². The number of Topliss-reactive ketones (excluding diaryl/α,β-unsaturated/α-hetero) is 1. The Morgan fingerprint density at radius 1 is 0.793 bits per heavy atom. The number of hydrogen-bond donors (Lipinski definition) is 1. The summed E-state index contributed by atoms with van der Waals surface area (Å²) in [6.07, 6.45) is 4.77. The number of carbonyl (C=O) groups is 3. The molecule has 0 unspecified atom stereocenters. The van der Waals surface area contributed by atoms with Gasteiger partial charge in [-0.1, -0.05) is 42.5 Å². The molecular weight excluding hydrogens is 372 g/mol. The fourth-order valence-electron chi connectivity index (χ4n) is 2.92. The first-order valence-corrected chi connectivity index (χ1v) is 8.80. The molecule has 29 heavy (non-hydrogen) atoms. The van der Waals surface area contributed by atoms with Crippen LogP contribution in [0.4, 0.5) is 0 Å². The molecule has 0 fully saturated rings. The van der Waals surface area contributed by atoms with Crippen LogP contribution in [0.15, 0.2) is 77.9 Å². The Morgan fingerprint density at radius 3 is 1.90 bits per heavy atom. The summed E-state index contributed by atoms with van der Waals surface area (Å²) in [6.45, 7) is 2.51. The number of rotatable bonds is 5. The Morgan fingerprint density at radius 2 is 1.31 bits per heavy atom. The van der Waals surface area contributed by atoms with E-state index in [2.05, 4.69) is 0 Å². The fraction of sp³-hybridized carbons (Fsp3) is 0.0870. The minimum Gasteiger partial charge on any atom is -0.507 e. The number of hydrogen-bond acceptors (Lipinski definition) is 6. The highest BCUT2D eigenvalue weighted by atomic mass is 16.5. The van der Waals surface area contributed by atoms with Gasteiger partial charge in [-0.15, -0.1) is 0 Å². The fourth-order valence-corrected chi connectivity index (χ4v) is 2.92. The SMILES string of the molecule is CC(=O)Oc1ccccc1C(=O)C1=CC=C/C1=C(/O)c1ccccc1OC(C)=O. The minimum atomic E-state index is -0.544. The number of benzene rings is 2. The number of para-hydroxylation sites is 2. The lowest BCUT2D eigenvalue weighted by Crippen LogP contribution is -2.10. The van der Waals surface area contributed by atoms with Gasteiger partial charge in [0, 0.05) is 25.0 Å². The van der Waals surface area contributed by atoms with Gasteiger partial charge in [-0.05, 0) is 24.3 Å². The van der Waals surface area contributed by atoms with E-state index in [-0.39, 0.29) is 39.5 Å². The van der Waals surface area contributed by atoms with Crippen LogP contribution in [0.3, 0.4) is 0 Å². The molecule has 146 valence electrons. The van der Waals surface area contributed by atoms with Crippen molar-refractivity contribution >= 4 is 23.5 Å². The van der Waals surface area contributed by atoms with Crippen molar-refractivity contribution in [1.82, 2.24) is 0 Å². The zero-order chi connectivity index (χ0) is 21.0. The molecule has 3 rings (SSSR count). The van der Waals surface area contributed by atoms with E-state index in [0.717, 1.165) is 0 Å². The molecule has 0 amide bonds. The van der Waals surface area contributed by atoms with E-state index in [9.17, 15) is 19.5 Å². The Kier molecular flexibility index (Phi) is 5.74. The van der Waals surface area contributed by atoms with Crippen LogP contribution < -0.4 is 9.47 Å². The molecule has 1 aliphatic rings. The van der Waals surface area contributed by atoms with E-state index in [4.69, 9.17) is 9.47 Å². The van der Waals surface area contributed by atoms with E-state index >= 15 is 0 Å². The predicted octanol–water partition coefficient (Wildman–Crippen LogP) is 4.19. The minimum absolute atomic E-state index is 0.136. The first-order chi connectivity index (χ1) is 13.9. The van der Waals surface area contributed by atoms with E-state index in [1.165, 1.54) is 19.9 Å². The van der Waals surface area contributed by atoms with Crippen LogP contribution in [0.1, 0.15) is 29.8 Å². The normalized spacial score (nSPS) is 14.2. The van der Waals surface area contributed by atoms with Gasteiger partial charge in [0.05, 0.1) is 11.1 Å². The molecule has 0 bridgehead atoms. The number of allylic oxidation sites excluding steroid dienone is 5. The van der Waals surface area contributed by atoms with Crippen LogP contribution in [0.2, 0.25) is 0 Å². The molecule has 0 aromatic heterocycles. The van der Waals surface area contributed by atoms with Crippen LogP contribution in [-0.4, -0.2) is 22.8 Å². The lowest BCUT2D eigenvalue weighted by atomic mass is 9.95. The van der Waals surface area contributed by atoms with Gasteiger partial charge in [0.15, 0.2) is 5.78 Å². The first-order valence-electron chi connectivity index (χ1n) is 8.80. The van der Waals surface area contributed by atoms with Gasteiger partial charge in [-0.25, -0.2) is 0 Å². The third-order valence-corrected chi connectivity index (χ3v) is 4.10. The number of carbonyl (C=O) groups excluding carboxylic acids is 3. The van der Waals surface area contributed by atoms with Gasteiger partial charge in [-0.2, -0.15) is 0 Å². The average Bonchev–Trinajstić information content (AvgIpc) is 3.17. The number of aliphatic hydroxyl groups excluding tert-OH is 1. The number of esters is 2. The maximum absolute atomic E-state index is 13.1. The molecule has 0 heterocycles. The van der Waals surface area contributed by atoms with Gasteiger partial charge in [0.2, 0.25) is 0 Å². The summed E-state index contributed by atoms with van der Waals surface area (Å²) < 4.78 is 10.3. The van der Waals surface area contributed by atoms with Crippen molar-refractivity contribution in [3.8, 4) is 11.5 Å². The van der Waals surface area contributed by atoms with Crippen molar-refractivity contribution in [1.29, 1.82) is 0 Å². The van der Waals surface area contributed by atoms with Crippen molar-refractivity contribution in [2.45, 2.75) is 13.8 Å². The quantitative estimate of drug-likeness (QED) is 0.356. The summed E-state index contributed by atoms with van der Waals surface area (Å²) in [5, 5.41) is 10.9. The van der Waals surface area contributed by atoms with Crippen molar-refractivity contribution in [3.05, 3.63) is 89.0 Å². The second kappa shape index (κ2) is 8.39. The average molecular weight is 390 g/mol. The lowest BCUT2D eigenvalue weighted by Gasteiger charge is -2.13.